The van der Waals surface area contributed by atoms with Gasteiger partial charge in [-0.05, 0) is 26.2 Å². The molecular weight excluding hydrogens is 192 g/mol. The van der Waals surface area contributed by atoms with Crippen LogP contribution in [0.4, 0.5) is 4.79 Å². The van der Waals surface area contributed by atoms with Crippen molar-refractivity contribution in [2.24, 2.45) is 5.92 Å². The number of carbonyl (C=O) groups excluding carboxylic acids is 1. The van der Waals surface area contributed by atoms with Gasteiger partial charge in [0.25, 0.3) is 0 Å². The fourth-order valence-corrected chi connectivity index (χ4v) is 1.24. The first-order valence-electron chi connectivity index (χ1n) is 5.77. The van der Waals surface area contributed by atoms with E-state index in [1.54, 1.807) is 0 Å². The first-order valence-corrected chi connectivity index (χ1v) is 5.77. The highest BCUT2D eigenvalue weighted by Gasteiger charge is 2.22. The van der Waals surface area contributed by atoms with Gasteiger partial charge in [-0.1, -0.05) is 33.6 Å². The maximum Gasteiger partial charge on any atom is 0.508 e. The standard InChI is InChI=1S/C12H24O3/c1-6-8-12(4,5)15-11(13)14-9-10(3)7-2/h10H,6-9H2,1-5H3. The molecule has 0 heterocycles. The van der Waals surface area contributed by atoms with Crippen LogP contribution in [0.5, 0.6) is 0 Å². The SMILES string of the molecule is CCCC(C)(C)OC(=O)OCC(C)CC. The number of ether oxygens (including phenoxy) is 2. The van der Waals surface area contributed by atoms with Crippen molar-refractivity contribution >= 4 is 6.16 Å². The van der Waals surface area contributed by atoms with Crippen LogP contribution in [-0.4, -0.2) is 18.4 Å². The molecule has 0 aromatic rings. The highest BCUT2D eigenvalue weighted by atomic mass is 16.7. The molecule has 0 spiro atoms. The van der Waals surface area contributed by atoms with Crippen LogP contribution in [0.3, 0.4) is 0 Å². The van der Waals surface area contributed by atoms with E-state index in [-0.39, 0.29) is 0 Å². The van der Waals surface area contributed by atoms with Crippen molar-refractivity contribution in [2.45, 2.75) is 59.5 Å². The number of hydrogen-bond donors (Lipinski definition) is 0. The molecule has 0 aliphatic carbocycles. The van der Waals surface area contributed by atoms with E-state index in [9.17, 15) is 4.79 Å². The van der Waals surface area contributed by atoms with Gasteiger partial charge in [0.2, 0.25) is 0 Å². The maximum absolute atomic E-state index is 11.3. The zero-order valence-electron chi connectivity index (χ0n) is 10.6. The lowest BCUT2D eigenvalue weighted by atomic mass is 10.0. The van der Waals surface area contributed by atoms with Crippen molar-refractivity contribution in [2.75, 3.05) is 6.61 Å². The highest BCUT2D eigenvalue weighted by Crippen LogP contribution is 2.17. The van der Waals surface area contributed by atoms with E-state index in [2.05, 4.69) is 13.8 Å². The summed E-state index contributed by atoms with van der Waals surface area (Å²) in [4.78, 5) is 11.3. The lowest BCUT2D eigenvalue weighted by Gasteiger charge is -2.24. The Hall–Kier alpha value is -0.730. The van der Waals surface area contributed by atoms with Gasteiger partial charge in [-0.25, -0.2) is 4.79 Å². The first-order chi connectivity index (χ1) is 6.91. The van der Waals surface area contributed by atoms with Gasteiger partial charge in [0, 0.05) is 0 Å². The van der Waals surface area contributed by atoms with Gasteiger partial charge in [-0.3, -0.25) is 0 Å². The molecule has 15 heavy (non-hydrogen) atoms. The third kappa shape index (κ3) is 7.23. The molecule has 90 valence electrons. The van der Waals surface area contributed by atoms with Gasteiger partial charge in [0.05, 0.1) is 6.61 Å². The topological polar surface area (TPSA) is 35.5 Å². The Morgan fingerprint density at radius 3 is 2.40 bits per heavy atom. The molecule has 1 atom stereocenters. The van der Waals surface area contributed by atoms with Gasteiger partial charge in [-0.2, -0.15) is 0 Å². The van der Waals surface area contributed by atoms with Crippen molar-refractivity contribution in [3.8, 4) is 0 Å². The quantitative estimate of drug-likeness (QED) is 0.634. The molecule has 0 saturated heterocycles. The van der Waals surface area contributed by atoms with Crippen molar-refractivity contribution < 1.29 is 14.3 Å². The highest BCUT2D eigenvalue weighted by molar-refractivity contribution is 5.60. The summed E-state index contributed by atoms with van der Waals surface area (Å²) >= 11 is 0. The average molecular weight is 216 g/mol. The molecule has 3 nitrogen and oxygen atoms in total. The largest absolute Gasteiger partial charge is 0.508 e. The summed E-state index contributed by atoms with van der Waals surface area (Å²) in [7, 11) is 0. The van der Waals surface area contributed by atoms with Gasteiger partial charge < -0.3 is 9.47 Å². The Morgan fingerprint density at radius 1 is 1.33 bits per heavy atom. The molecule has 0 saturated carbocycles. The lowest BCUT2D eigenvalue weighted by molar-refractivity contribution is -0.0251. The van der Waals surface area contributed by atoms with Crippen molar-refractivity contribution in [3.05, 3.63) is 0 Å². The van der Waals surface area contributed by atoms with E-state index in [4.69, 9.17) is 9.47 Å². The molecule has 0 N–H and O–H groups in total. The third-order valence-electron chi connectivity index (χ3n) is 2.39. The minimum absolute atomic E-state index is 0.395. The molecule has 0 aromatic carbocycles. The molecule has 0 aromatic heterocycles. The molecular formula is C12H24O3. The lowest BCUT2D eigenvalue weighted by Crippen LogP contribution is -2.28. The van der Waals surface area contributed by atoms with Crippen molar-refractivity contribution in [3.63, 3.8) is 0 Å². The molecule has 0 amide bonds. The zero-order valence-corrected chi connectivity index (χ0v) is 10.6. The Bertz CT molecular complexity index is 187. The van der Waals surface area contributed by atoms with E-state index < -0.39 is 11.8 Å². The van der Waals surface area contributed by atoms with Crippen LogP contribution < -0.4 is 0 Å². The number of rotatable bonds is 6. The Morgan fingerprint density at radius 2 is 1.93 bits per heavy atom. The van der Waals surface area contributed by atoms with Crippen LogP contribution in [0.25, 0.3) is 0 Å². The molecule has 0 bridgehead atoms. The van der Waals surface area contributed by atoms with Crippen LogP contribution >= 0.6 is 0 Å². The summed E-state index contributed by atoms with van der Waals surface area (Å²) in [5, 5.41) is 0. The van der Waals surface area contributed by atoms with Crippen LogP contribution in [0.15, 0.2) is 0 Å². The van der Waals surface area contributed by atoms with Crippen LogP contribution in [0.1, 0.15) is 53.9 Å². The fourth-order valence-electron chi connectivity index (χ4n) is 1.24. The zero-order chi connectivity index (χ0) is 11.9. The number of carbonyl (C=O) groups is 1. The van der Waals surface area contributed by atoms with Gasteiger partial charge >= 0.3 is 6.16 Å². The van der Waals surface area contributed by atoms with Gasteiger partial charge in [0.1, 0.15) is 5.60 Å². The summed E-state index contributed by atoms with van der Waals surface area (Å²) < 4.78 is 10.2. The molecule has 0 aliphatic rings. The fraction of sp³-hybridized carbons (Fsp3) is 0.917. The molecule has 0 aliphatic heterocycles. The first kappa shape index (κ1) is 14.3. The van der Waals surface area contributed by atoms with E-state index in [0.717, 1.165) is 19.3 Å². The Labute approximate surface area is 93.1 Å². The minimum atomic E-state index is -0.547. The van der Waals surface area contributed by atoms with Crippen LogP contribution in [0, 0.1) is 5.92 Å². The maximum atomic E-state index is 11.3. The Balaban J connectivity index is 3.82. The normalized spacial score (nSPS) is 13.4. The van der Waals surface area contributed by atoms with Crippen LogP contribution in [-0.2, 0) is 9.47 Å². The predicted molar refractivity (Wildman–Crippen MR) is 60.9 cm³/mol. The van der Waals surface area contributed by atoms with E-state index in [1.807, 2.05) is 20.8 Å². The van der Waals surface area contributed by atoms with E-state index in [1.165, 1.54) is 0 Å². The summed E-state index contributed by atoms with van der Waals surface area (Å²) in [6.07, 6.45) is 2.30. The average Bonchev–Trinajstić information content (AvgIpc) is 2.13. The van der Waals surface area contributed by atoms with Crippen LogP contribution in [0.2, 0.25) is 0 Å². The summed E-state index contributed by atoms with van der Waals surface area (Å²) in [6.45, 7) is 10.4. The molecule has 0 fully saturated rings. The molecule has 3 heteroatoms. The Kier molecular flexibility index (Phi) is 6.37. The third-order valence-corrected chi connectivity index (χ3v) is 2.39. The monoisotopic (exact) mass is 216 g/mol. The van der Waals surface area contributed by atoms with E-state index >= 15 is 0 Å². The van der Waals surface area contributed by atoms with Gasteiger partial charge in [0.15, 0.2) is 0 Å². The summed E-state index contributed by atoms with van der Waals surface area (Å²) in [6, 6.07) is 0. The second-order valence-electron chi connectivity index (χ2n) is 4.69. The molecule has 0 rings (SSSR count). The van der Waals surface area contributed by atoms with E-state index in [0.29, 0.717) is 12.5 Å². The molecule has 1 unspecified atom stereocenters. The predicted octanol–water partition coefficient (Wildman–Crippen LogP) is 3.76. The second-order valence-corrected chi connectivity index (χ2v) is 4.69. The minimum Gasteiger partial charge on any atom is -0.434 e. The summed E-state index contributed by atoms with van der Waals surface area (Å²) in [5.41, 5.74) is -0.415. The smallest absolute Gasteiger partial charge is 0.434 e. The summed E-state index contributed by atoms with van der Waals surface area (Å²) in [5.74, 6) is 0.395. The molecule has 0 radical (unpaired) electrons. The van der Waals surface area contributed by atoms with Crippen molar-refractivity contribution in [1.29, 1.82) is 0 Å². The van der Waals surface area contributed by atoms with Gasteiger partial charge in [-0.15, -0.1) is 0 Å². The van der Waals surface area contributed by atoms with Crippen molar-refractivity contribution in [1.82, 2.24) is 0 Å². The number of hydrogen-bond acceptors (Lipinski definition) is 3. The second kappa shape index (κ2) is 6.70.